The largest absolute Gasteiger partial charge is 0.497 e. The predicted octanol–water partition coefficient (Wildman–Crippen LogP) is 4.42. The molecule has 0 aliphatic carbocycles. The number of nitrogens with zero attached hydrogens (tertiary/aromatic N) is 2. The molecule has 2 heterocycles. The number of likely N-dealkylation sites (N-methyl/N-ethyl adjacent to an activating group) is 1. The van der Waals surface area contributed by atoms with Crippen LogP contribution in [-0.2, 0) is 20.9 Å². The van der Waals surface area contributed by atoms with E-state index in [1.807, 2.05) is 60.7 Å². The molecule has 10 nitrogen and oxygen atoms in total. The Kier molecular flexibility index (Phi) is 9.25. The first-order chi connectivity index (χ1) is 20.9. The van der Waals surface area contributed by atoms with Crippen LogP contribution in [0.25, 0.3) is 0 Å². The highest BCUT2D eigenvalue weighted by Crippen LogP contribution is 2.48. The first kappa shape index (κ1) is 30.0. The van der Waals surface area contributed by atoms with E-state index in [4.69, 9.17) is 28.4 Å². The summed E-state index contributed by atoms with van der Waals surface area (Å²) >= 11 is 0. The van der Waals surface area contributed by atoms with Crippen LogP contribution in [0.2, 0.25) is 0 Å². The zero-order valence-corrected chi connectivity index (χ0v) is 25.2. The summed E-state index contributed by atoms with van der Waals surface area (Å²) in [6, 6.07) is 18.6. The SMILES string of the molecule is CCOC(=O)[C@@H]1[C@@H](c2ccc3c(c2)OCO3)CN(CC(=O)N(C)Cc2ccc(OC)c(OC)c2)[C@@H]1c1ccc(OC)cc1. The Morgan fingerprint density at radius 3 is 2.30 bits per heavy atom. The standard InChI is InChI=1S/C33H38N2O8/c1-6-41-33(37)31-25(23-10-14-27-29(16-23)43-20-42-27)18-35(32(31)22-8-11-24(38-3)12-9-22)19-30(36)34(2)17-21-7-13-26(39-4)28(15-21)40-5/h7-16,25,31-32H,6,17-20H2,1-5H3/t25-,31-,32-/m1/s1. The van der Waals surface area contributed by atoms with E-state index < -0.39 is 12.0 Å². The molecule has 1 fully saturated rings. The number of fused-ring (bicyclic) bond motifs is 1. The molecular weight excluding hydrogens is 552 g/mol. The fourth-order valence-electron chi connectivity index (χ4n) is 5.93. The molecule has 10 heteroatoms. The van der Waals surface area contributed by atoms with E-state index in [2.05, 4.69) is 4.90 Å². The van der Waals surface area contributed by atoms with E-state index in [1.165, 1.54) is 0 Å². The number of hydrogen-bond donors (Lipinski definition) is 0. The van der Waals surface area contributed by atoms with E-state index in [9.17, 15) is 9.59 Å². The molecule has 0 unspecified atom stereocenters. The van der Waals surface area contributed by atoms with Gasteiger partial charge in [0.15, 0.2) is 23.0 Å². The number of rotatable bonds is 11. The minimum Gasteiger partial charge on any atom is -0.497 e. The van der Waals surface area contributed by atoms with Crippen LogP contribution >= 0.6 is 0 Å². The molecule has 3 aromatic carbocycles. The number of amides is 1. The third-order valence-electron chi connectivity index (χ3n) is 8.07. The molecule has 0 N–H and O–H groups in total. The molecule has 228 valence electrons. The summed E-state index contributed by atoms with van der Waals surface area (Å²) in [6.45, 7) is 3.17. The van der Waals surface area contributed by atoms with Crippen molar-refractivity contribution in [2.45, 2.75) is 25.4 Å². The summed E-state index contributed by atoms with van der Waals surface area (Å²) in [5.74, 6) is 2.06. The zero-order chi connectivity index (χ0) is 30.5. The van der Waals surface area contributed by atoms with Crippen molar-refractivity contribution < 1.29 is 38.0 Å². The van der Waals surface area contributed by atoms with Crippen molar-refractivity contribution >= 4 is 11.9 Å². The van der Waals surface area contributed by atoms with Gasteiger partial charge in [0, 0.05) is 32.1 Å². The van der Waals surface area contributed by atoms with Crippen molar-refractivity contribution in [1.82, 2.24) is 9.80 Å². The molecule has 0 bridgehead atoms. The molecule has 2 aliphatic heterocycles. The maximum atomic E-state index is 13.7. The first-order valence-electron chi connectivity index (χ1n) is 14.3. The summed E-state index contributed by atoms with van der Waals surface area (Å²) in [4.78, 5) is 31.1. The Hall–Kier alpha value is -4.44. The second-order valence-corrected chi connectivity index (χ2v) is 10.6. The van der Waals surface area contributed by atoms with Crippen molar-refractivity contribution in [3.63, 3.8) is 0 Å². The highest BCUT2D eigenvalue weighted by atomic mass is 16.7. The van der Waals surface area contributed by atoms with Crippen LogP contribution in [0, 0.1) is 5.92 Å². The summed E-state index contributed by atoms with van der Waals surface area (Å²) in [6.07, 6.45) is 0. The van der Waals surface area contributed by atoms with E-state index in [-0.39, 0.29) is 37.7 Å². The van der Waals surface area contributed by atoms with Gasteiger partial charge in [-0.2, -0.15) is 0 Å². The Morgan fingerprint density at radius 1 is 0.884 bits per heavy atom. The molecule has 0 aromatic heterocycles. The second kappa shape index (κ2) is 13.2. The number of carbonyl (C=O) groups is 2. The van der Waals surface area contributed by atoms with Crippen LogP contribution in [0.4, 0.5) is 0 Å². The number of ether oxygens (including phenoxy) is 6. The maximum absolute atomic E-state index is 13.7. The molecular formula is C33H38N2O8. The quantitative estimate of drug-likeness (QED) is 0.301. The lowest BCUT2D eigenvalue weighted by Crippen LogP contribution is -2.39. The van der Waals surface area contributed by atoms with Gasteiger partial charge in [-0.3, -0.25) is 14.5 Å². The van der Waals surface area contributed by atoms with E-state index in [1.54, 1.807) is 40.2 Å². The zero-order valence-electron chi connectivity index (χ0n) is 25.2. The Balaban J connectivity index is 1.45. The molecule has 0 saturated carbocycles. The minimum atomic E-state index is -0.558. The third kappa shape index (κ3) is 6.34. The van der Waals surface area contributed by atoms with Gasteiger partial charge in [0.05, 0.1) is 40.4 Å². The number of methoxy groups -OCH3 is 3. The maximum Gasteiger partial charge on any atom is 0.311 e. The van der Waals surface area contributed by atoms with Gasteiger partial charge in [0.25, 0.3) is 0 Å². The minimum absolute atomic E-state index is 0.0813. The Morgan fingerprint density at radius 2 is 1.60 bits per heavy atom. The van der Waals surface area contributed by atoms with Gasteiger partial charge in [-0.15, -0.1) is 0 Å². The third-order valence-corrected chi connectivity index (χ3v) is 8.07. The molecule has 3 atom stereocenters. The van der Waals surface area contributed by atoms with Gasteiger partial charge < -0.3 is 33.3 Å². The number of carbonyl (C=O) groups excluding carboxylic acids is 2. The topological polar surface area (TPSA) is 96.0 Å². The number of likely N-dealkylation sites (tertiary alicyclic amines) is 1. The lowest BCUT2D eigenvalue weighted by atomic mass is 9.82. The monoisotopic (exact) mass is 590 g/mol. The van der Waals surface area contributed by atoms with E-state index in [0.717, 1.165) is 16.7 Å². The molecule has 1 saturated heterocycles. The lowest BCUT2D eigenvalue weighted by molar-refractivity contribution is -0.150. The molecule has 0 spiro atoms. The van der Waals surface area contributed by atoms with Crippen molar-refractivity contribution in [3.8, 4) is 28.7 Å². The van der Waals surface area contributed by atoms with Crippen molar-refractivity contribution in [3.05, 3.63) is 77.4 Å². The van der Waals surface area contributed by atoms with Crippen LogP contribution in [-0.4, -0.2) is 76.5 Å². The molecule has 1 amide bonds. The van der Waals surface area contributed by atoms with Crippen LogP contribution < -0.4 is 23.7 Å². The van der Waals surface area contributed by atoms with Gasteiger partial charge in [-0.05, 0) is 60.0 Å². The van der Waals surface area contributed by atoms with E-state index >= 15 is 0 Å². The van der Waals surface area contributed by atoms with Crippen molar-refractivity contribution in [1.29, 1.82) is 0 Å². The van der Waals surface area contributed by atoms with E-state index in [0.29, 0.717) is 41.8 Å². The second-order valence-electron chi connectivity index (χ2n) is 10.6. The highest BCUT2D eigenvalue weighted by Gasteiger charge is 2.49. The summed E-state index contributed by atoms with van der Waals surface area (Å²) in [7, 11) is 6.55. The molecule has 5 rings (SSSR count). The fraction of sp³-hybridized carbons (Fsp3) is 0.394. The van der Waals surface area contributed by atoms with Gasteiger partial charge in [0.1, 0.15) is 5.75 Å². The summed E-state index contributed by atoms with van der Waals surface area (Å²) < 4.78 is 32.9. The highest BCUT2D eigenvalue weighted by molar-refractivity contribution is 5.79. The normalized spacial score (nSPS) is 19.1. The van der Waals surface area contributed by atoms with Crippen LogP contribution in [0.15, 0.2) is 60.7 Å². The average molecular weight is 591 g/mol. The van der Waals surface area contributed by atoms with Gasteiger partial charge in [-0.1, -0.05) is 24.3 Å². The molecule has 43 heavy (non-hydrogen) atoms. The van der Waals surface area contributed by atoms with Gasteiger partial charge in [0.2, 0.25) is 12.7 Å². The average Bonchev–Trinajstić information content (AvgIpc) is 3.65. The van der Waals surface area contributed by atoms with Crippen LogP contribution in [0.1, 0.15) is 35.6 Å². The lowest BCUT2D eigenvalue weighted by Gasteiger charge is -2.29. The summed E-state index contributed by atoms with van der Waals surface area (Å²) in [5.41, 5.74) is 2.73. The van der Waals surface area contributed by atoms with Gasteiger partial charge >= 0.3 is 5.97 Å². The Labute approximate surface area is 252 Å². The Bertz CT molecular complexity index is 1440. The molecule has 0 radical (unpaired) electrons. The number of esters is 1. The van der Waals surface area contributed by atoms with Crippen LogP contribution in [0.3, 0.4) is 0 Å². The first-order valence-corrected chi connectivity index (χ1v) is 14.3. The molecule has 3 aromatic rings. The summed E-state index contributed by atoms with van der Waals surface area (Å²) in [5, 5.41) is 0. The number of benzene rings is 3. The van der Waals surface area contributed by atoms with Crippen molar-refractivity contribution in [2.75, 3.05) is 54.9 Å². The van der Waals surface area contributed by atoms with Crippen LogP contribution in [0.5, 0.6) is 28.7 Å². The number of hydrogen-bond acceptors (Lipinski definition) is 9. The molecule has 2 aliphatic rings. The van der Waals surface area contributed by atoms with Gasteiger partial charge in [-0.25, -0.2) is 0 Å². The predicted molar refractivity (Wildman–Crippen MR) is 159 cm³/mol. The fourth-order valence-corrected chi connectivity index (χ4v) is 5.93. The van der Waals surface area contributed by atoms with Crippen molar-refractivity contribution in [2.24, 2.45) is 5.92 Å². The smallest absolute Gasteiger partial charge is 0.311 e.